The molecule has 1 atom stereocenters. The second kappa shape index (κ2) is 6.57. The molecule has 1 N–H and O–H groups in total. The lowest BCUT2D eigenvalue weighted by Gasteiger charge is -2.32. The summed E-state index contributed by atoms with van der Waals surface area (Å²) < 4.78 is 22.7. The SMILES string of the molecule is CCS(=O)(=O)CCCN1CCCC(NC)C1. The lowest BCUT2D eigenvalue weighted by atomic mass is 10.1. The summed E-state index contributed by atoms with van der Waals surface area (Å²) in [5, 5.41) is 3.29. The van der Waals surface area contributed by atoms with Crippen molar-refractivity contribution in [1.29, 1.82) is 0 Å². The Morgan fingerprint density at radius 2 is 2.19 bits per heavy atom. The number of piperidine rings is 1. The minimum atomic E-state index is -2.78. The van der Waals surface area contributed by atoms with Crippen LogP contribution in [0, 0.1) is 0 Å². The average molecular weight is 248 g/mol. The van der Waals surface area contributed by atoms with Crippen molar-refractivity contribution >= 4 is 9.84 Å². The van der Waals surface area contributed by atoms with Gasteiger partial charge in [-0.3, -0.25) is 0 Å². The molecule has 1 aliphatic rings. The number of likely N-dealkylation sites (N-methyl/N-ethyl adjacent to an activating group) is 1. The van der Waals surface area contributed by atoms with Gasteiger partial charge in [-0.15, -0.1) is 0 Å². The van der Waals surface area contributed by atoms with Crippen molar-refractivity contribution in [2.24, 2.45) is 0 Å². The van der Waals surface area contributed by atoms with Gasteiger partial charge in [-0.1, -0.05) is 6.92 Å². The van der Waals surface area contributed by atoms with Crippen molar-refractivity contribution in [2.45, 2.75) is 32.2 Å². The highest BCUT2D eigenvalue weighted by atomic mass is 32.2. The molecule has 1 fully saturated rings. The van der Waals surface area contributed by atoms with Gasteiger partial charge in [0.25, 0.3) is 0 Å². The average Bonchev–Trinajstić information content (AvgIpc) is 2.29. The summed E-state index contributed by atoms with van der Waals surface area (Å²) >= 11 is 0. The highest BCUT2D eigenvalue weighted by Crippen LogP contribution is 2.10. The van der Waals surface area contributed by atoms with Crippen LogP contribution in [-0.4, -0.2) is 57.5 Å². The molecular weight excluding hydrogens is 224 g/mol. The molecule has 1 aliphatic heterocycles. The molecule has 0 radical (unpaired) electrons. The Morgan fingerprint density at radius 1 is 1.44 bits per heavy atom. The van der Waals surface area contributed by atoms with Gasteiger partial charge in [-0.2, -0.15) is 0 Å². The number of likely N-dealkylation sites (tertiary alicyclic amines) is 1. The van der Waals surface area contributed by atoms with E-state index in [4.69, 9.17) is 0 Å². The number of hydrogen-bond acceptors (Lipinski definition) is 4. The maximum absolute atomic E-state index is 11.3. The van der Waals surface area contributed by atoms with Gasteiger partial charge in [-0.05, 0) is 39.4 Å². The number of nitrogens with one attached hydrogen (secondary N) is 1. The summed E-state index contributed by atoms with van der Waals surface area (Å²) in [4.78, 5) is 2.37. The maximum Gasteiger partial charge on any atom is 0.150 e. The predicted octanol–water partition coefficient (Wildman–Crippen LogP) is 0.495. The zero-order chi connectivity index (χ0) is 12.0. The van der Waals surface area contributed by atoms with Gasteiger partial charge in [-0.25, -0.2) is 8.42 Å². The van der Waals surface area contributed by atoms with Gasteiger partial charge in [0.05, 0.1) is 5.75 Å². The molecule has 96 valence electrons. The lowest BCUT2D eigenvalue weighted by Crippen LogP contribution is -2.44. The van der Waals surface area contributed by atoms with E-state index >= 15 is 0 Å². The van der Waals surface area contributed by atoms with Crippen LogP contribution in [0.5, 0.6) is 0 Å². The lowest BCUT2D eigenvalue weighted by molar-refractivity contribution is 0.196. The van der Waals surface area contributed by atoms with E-state index < -0.39 is 9.84 Å². The molecule has 4 nitrogen and oxygen atoms in total. The summed E-state index contributed by atoms with van der Waals surface area (Å²) in [7, 11) is -0.786. The van der Waals surface area contributed by atoms with Gasteiger partial charge >= 0.3 is 0 Å². The van der Waals surface area contributed by atoms with Crippen molar-refractivity contribution in [3.05, 3.63) is 0 Å². The third kappa shape index (κ3) is 4.80. The molecular formula is C11H24N2O2S. The summed E-state index contributed by atoms with van der Waals surface area (Å²) in [6.45, 7) is 4.80. The molecule has 1 unspecified atom stereocenters. The van der Waals surface area contributed by atoms with E-state index in [2.05, 4.69) is 10.2 Å². The molecule has 0 saturated carbocycles. The molecule has 1 rings (SSSR count). The molecule has 0 bridgehead atoms. The van der Waals surface area contributed by atoms with Crippen LogP contribution in [0.4, 0.5) is 0 Å². The van der Waals surface area contributed by atoms with Crippen LogP contribution in [-0.2, 0) is 9.84 Å². The number of sulfone groups is 1. The Kier molecular flexibility index (Phi) is 5.72. The largest absolute Gasteiger partial charge is 0.316 e. The monoisotopic (exact) mass is 248 g/mol. The van der Waals surface area contributed by atoms with Crippen molar-refractivity contribution < 1.29 is 8.42 Å². The van der Waals surface area contributed by atoms with Crippen LogP contribution in [0.2, 0.25) is 0 Å². The molecule has 0 aliphatic carbocycles. The fourth-order valence-corrected chi connectivity index (χ4v) is 3.00. The molecule has 0 spiro atoms. The topological polar surface area (TPSA) is 49.4 Å². The smallest absolute Gasteiger partial charge is 0.150 e. The molecule has 1 heterocycles. The van der Waals surface area contributed by atoms with Crippen LogP contribution >= 0.6 is 0 Å². The number of hydrogen-bond donors (Lipinski definition) is 1. The van der Waals surface area contributed by atoms with Gasteiger partial charge in [0.2, 0.25) is 0 Å². The minimum Gasteiger partial charge on any atom is -0.316 e. The normalized spacial score (nSPS) is 23.5. The van der Waals surface area contributed by atoms with E-state index in [-0.39, 0.29) is 5.75 Å². The summed E-state index contributed by atoms with van der Waals surface area (Å²) in [6, 6.07) is 0.580. The van der Waals surface area contributed by atoms with Gasteiger partial charge in [0, 0.05) is 18.3 Å². The zero-order valence-electron chi connectivity index (χ0n) is 10.4. The molecule has 16 heavy (non-hydrogen) atoms. The Hall–Kier alpha value is -0.130. The van der Waals surface area contributed by atoms with Gasteiger partial charge in [0.15, 0.2) is 0 Å². The number of rotatable bonds is 6. The van der Waals surface area contributed by atoms with Crippen LogP contribution in [0.1, 0.15) is 26.2 Å². The molecule has 5 heteroatoms. The van der Waals surface area contributed by atoms with Crippen molar-refractivity contribution in [2.75, 3.05) is 38.2 Å². The Morgan fingerprint density at radius 3 is 2.81 bits per heavy atom. The minimum absolute atomic E-state index is 0.270. The fraction of sp³-hybridized carbons (Fsp3) is 1.00. The van der Waals surface area contributed by atoms with E-state index in [0.29, 0.717) is 11.8 Å². The Balaban J connectivity index is 2.22. The van der Waals surface area contributed by atoms with Gasteiger partial charge in [0.1, 0.15) is 9.84 Å². The second-order valence-electron chi connectivity index (χ2n) is 4.52. The van der Waals surface area contributed by atoms with Crippen LogP contribution < -0.4 is 5.32 Å². The first-order valence-electron chi connectivity index (χ1n) is 6.17. The summed E-state index contributed by atoms with van der Waals surface area (Å²) in [5.41, 5.74) is 0. The number of nitrogens with zero attached hydrogens (tertiary/aromatic N) is 1. The van der Waals surface area contributed by atoms with Crippen LogP contribution in [0.15, 0.2) is 0 Å². The standard InChI is InChI=1S/C11H24N2O2S/c1-3-16(14,15)9-5-8-13-7-4-6-11(10-13)12-2/h11-12H,3-10H2,1-2H3. The van der Waals surface area contributed by atoms with Crippen molar-refractivity contribution in [3.63, 3.8) is 0 Å². The van der Waals surface area contributed by atoms with Crippen LogP contribution in [0.3, 0.4) is 0 Å². The van der Waals surface area contributed by atoms with Crippen molar-refractivity contribution in [1.82, 2.24) is 10.2 Å². The quantitative estimate of drug-likeness (QED) is 0.743. The van der Waals surface area contributed by atoms with E-state index in [0.717, 1.165) is 26.1 Å². The highest BCUT2D eigenvalue weighted by molar-refractivity contribution is 7.91. The second-order valence-corrected chi connectivity index (χ2v) is 6.99. The highest BCUT2D eigenvalue weighted by Gasteiger charge is 2.18. The van der Waals surface area contributed by atoms with E-state index in [1.165, 1.54) is 12.8 Å². The summed E-state index contributed by atoms with van der Waals surface area (Å²) in [6.07, 6.45) is 3.22. The van der Waals surface area contributed by atoms with Gasteiger partial charge < -0.3 is 10.2 Å². The van der Waals surface area contributed by atoms with Crippen LogP contribution in [0.25, 0.3) is 0 Å². The third-order valence-corrected chi connectivity index (χ3v) is 5.07. The predicted molar refractivity (Wildman–Crippen MR) is 67.5 cm³/mol. The van der Waals surface area contributed by atoms with E-state index in [9.17, 15) is 8.42 Å². The molecule has 1 saturated heterocycles. The first-order valence-corrected chi connectivity index (χ1v) is 7.99. The van der Waals surface area contributed by atoms with E-state index in [1.807, 2.05) is 7.05 Å². The summed E-state index contributed by atoms with van der Waals surface area (Å²) in [5.74, 6) is 0.608. The van der Waals surface area contributed by atoms with E-state index in [1.54, 1.807) is 6.92 Å². The fourth-order valence-electron chi connectivity index (χ4n) is 2.15. The zero-order valence-corrected chi connectivity index (χ0v) is 11.2. The first kappa shape index (κ1) is 13.9. The third-order valence-electron chi connectivity index (χ3n) is 3.28. The molecule has 0 aromatic rings. The Labute approximate surface area is 99.3 Å². The molecule has 0 aromatic heterocycles. The van der Waals surface area contributed by atoms with Crippen molar-refractivity contribution in [3.8, 4) is 0 Å². The molecule has 0 amide bonds. The maximum atomic E-state index is 11.3. The Bertz CT molecular complexity index is 290. The first-order chi connectivity index (χ1) is 7.57. The molecule has 0 aromatic carbocycles.